The molecular weight excluding hydrogens is 340 g/mol. The summed E-state index contributed by atoms with van der Waals surface area (Å²) in [7, 11) is 0. The summed E-state index contributed by atoms with van der Waals surface area (Å²) in [4.78, 5) is 25.5. The van der Waals surface area contributed by atoms with Crippen LogP contribution in [0.2, 0.25) is 0 Å². The average Bonchev–Trinajstić information content (AvgIpc) is 3.09. The van der Waals surface area contributed by atoms with Crippen LogP contribution in [0.1, 0.15) is 11.1 Å². The summed E-state index contributed by atoms with van der Waals surface area (Å²) >= 11 is 0. The molecule has 1 heterocycles. The fourth-order valence-electron chi connectivity index (χ4n) is 2.91. The molecule has 0 aromatic heterocycles. The van der Waals surface area contributed by atoms with Gasteiger partial charge in [0.2, 0.25) is 18.4 Å². The first-order valence-corrected chi connectivity index (χ1v) is 7.62. The van der Waals surface area contributed by atoms with E-state index >= 15 is 0 Å². The molecule has 4 rings (SSSR count). The summed E-state index contributed by atoms with van der Waals surface area (Å²) in [5, 5.41) is 28.6. The normalized spacial score (nSPS) is 16.5. The zero-order valence-corrected chi connectivity index (χ0v) is 13.2. The van der Waals surface area contributed by atoms with Crippen molar-refractivity contribution in [1.29, 1.82) is 0 Å². The van der Waals surface area contributed by atoms with Gasteiger partial charge in [-0.1, -0.05) is 18.2 Å². The van der Waals surface area contributed by atoms with Crippen molar-refractivity contribution in [3.8, 4) is 17.2 Å². The van der Waals surface area contributed by atoms with E-state index in [0.717, 1.165) is 0 Å². The molecule has 0 atom stereocenters. The molecule has 1 saturated heterocycles. The number of fused-ring (bicyclic) bond motifs is 1. The number of carbonyl (C=O) groups is 2. The van der Waals surface area contributed by atoms with Gasteiger partial charge in [-0.25, -0.2) is 0 Å². The highest BCUT2D eigenvalue weighted by Gasteiger charge is 2.41. The van der Waals surface area contributed by atoms with Gasteiger partial charge in [0, 0.05) is 0 Å². The third-order valence-electron chi connectivity index (χ3n) is 4.15. The quantitative estimate of drug-likeness (QED) is 0.431. The topological polar surface area (TPSA) is 113 Å². The molecule has 1 aliphatic carbocycles. The third-order valence-corrected chi connectivity index (χ3v) is 4.15. The van der Waals surface area contributed by atoms with Gasteiger partial charge in [-0.3, -0.25) is 9.59 Å². The van der Waals surface area contributed by atoms with Crippen molar-refractivity contribution in [2.45, 2.75) is 0 Å². The minimum absolute atomic E-state index is 0.0218. The Balaban J connectivity index is 1.94. The van der Waals surface area contributed by atoms with Crippen molar-refractivity contribution in [2.24, 2.45) is 0 Å². The first-order valence-electron chi connectivity index (χ1n) is 7.62. The molecule has 2 aliphatic rings. The van der Waals surface area contributed by atoms with Gasteiger partial charge in [0.25, 0.3) is 0 Å². The van der Waals surface area contributed by atoms with Gasteiger partial charge >= 0.3 is 0 Å². The molecule has 7 nitrogen and oxygen atoms in total. The van der Waals surface area contributed by atoms with Crippen LogP contribution in [-0.4, -0.2) is 33.7 Å². The van der Waals surface area contributed by atoms with E-state index in [9.17, 15) is 24.9 Å². The standard InChI is InChI=1S/C19H12O7/c20-11-4-1-9(2-5-11)14-16(23)17(24)15(19-18(14)25-8-26-19)10-3-6-12(21)13(22)7-10/h1-7,20-22H,8H2. The fraction of sp³-hybridized carbons (Fsp3) is 0.0526. The first kappa shape index (κ1) is 15.8. The molecule has 7 heteroatoms. The Bertz CT molecular complexity index is 1010. The molecular formula is C19H12O7. The van der Waals surface area contributed by atoms with Gasteiger partial charge in [0.15, 0.2) is 23.0 Å². The summed E-state index contributed by atoms with van der Waals surface area (Å²) < 4.78 is 10.9. The maximum Gasteiger partial charge on any atom is 0.238 e. The maximum absolute atomic E-state index is 12.7. The lowest BCUT2D eigenvalue weighted by Gasteiger charge is -2.18. The van der Waals surface area contributed by atoms with E-state index in [1.54, 1.807) is 0 Å². The van der Waals surface area contributed by atoms with Gasteiger partial charge in [-0.05, 0) is 35.4 Å². The van der Waals surface area contributed by atoms with Crippen LogP contribution in [0.15, 0.2) is 54.0 Å². The number of carbonyl (C=O) groups excluding carboxylic acids is 2. The number of ketones is 2. The van der Waals surface area contributed by atoms with Crippen molar-refractivity contribution in [3.63, 3.8) is 0 Å². The van der Waals surface area contributed by atoms with Crippen molar-refractivity contribution < 1.29 is 34.4 Å². The molecule has 1 aliphatic heterocycles. The van der Waals surface area contributed by atoms with Gasteiger partial charge in [-0.15, -0.1) is 0 Å². The minimum atomic E-state index is -0.817. The number of ether oxygens (including phenoxy) is 2. The Morgan fingerprint density at radius 3 is 1.81 bits per heavy atom. The van der Waals surface area contributed by atoms with Crippen LogP contribution >= 0.6 is 0 Å². The van der Waals surface area contributed by atoms with Crippen molar-refractivity contribution in [2.75, 3.05) is 6.79 Å². The molecule has 1 fully saturated rings. The van der Waals surface area contributed by atoms with Crippen molar-refractivity contribution >= 4 is 22.7 Å². The average molecular weight is 352 g/mol. The molecule has 0 unspecified atom stereocenters. The number of Topliss-reactive ketones (excluding diaryl/α,β-unsaturated/α-hetero) is 2. The van der Waals surface area contributed by atoms with Crippen LogP contribution in [0, 0.1) is 0 Å². The Hall–Kier alpha value is -3.74. The van der Waals surface area contributed by atoms with Crippen LogP contribution in [-0.2, 0) is 19.1 Å². The van der Waals surface area contributed by atoms with E-state index < -0.39 is 17.3 Å². The summed E-state index contributed by atoms with van der Waals surface area (Å²) in [5.74, 6) is -2.13. The second kappa shape index (κ2) is 5.66. The number of aromatic hydroxyl groups is 3. The predicted octanol–water partition coefficient (Wildman–Crippen LogP) is 2.08. The molecule has 0 radical (unpaired) electrons. The zero-order chi connectivity index (χ0) is 18.4. The van der Waals surface area contributed by atoms with Crippen LogP contribution in [0.3, 0.4) is 0 Å². The molecule has 0 amide bonds. The molecule has 2 aromatic rings. The minimum Gasteiger partial charge on any atom is -0.508 e. The second-order valence-corrected chi connectivity index (χ2v) is 5.72. The highest BCUT2D eigenvalue weighted by Crippen LogP contribution is 2.42. The molecule has 0 bridgehead atoms. The lowest BCUT2D eigenvalue weighted by atomic mass is 9.85. The summed E-state index contributed by atoms with van der Waals surface area (Å²) in [6.07, 6.45) is 0. The van der Waals surface area contributed by atoms with E-state index in [0.29, 0.717) is 5.56 Å². The Labute approximate surface area is 147 Å². The van der Waals surface area contributed by atoms with E-state index in [1.807, 2.05) is 0 Å². The Morgan fingerprint density at radius 2 is 1.23 bits per heavy atom. The van der Waals surface area contributed by atoms with Gasteiger partial charge in [0.05, 0.1) is 11.1 Å². The van der Waals surface area contributed by atoms with Crippen LogP contribution in [0.25, 0.3) is 11.1 Å². The van der Waals surface area contributed by atoms with Crippen LogP contribution in [0.4, 0.5) is 0 Å². The van der Waals surface area contributed by atoms with Crippen molar-refractivity contribution in [3.05, 3.63) is 65.1 Å². The number of hydrogen-bond acceptors (Lipinski definition) is 7. The van der Waals surface area contributed by atoms with Gasteiger partial charge in [0.1, 0.15) is 5.75 Å². The fourth-order valence-corrected chi connectivity index (χ4v) is 2.91. The van der Waals surface area contributed by atoms with E-state index in [1.165, 1.54) is 42.5 Å². The molecule has 2 aromatic carbocycles. The number of rotatable bonds is 2. The number of benzene rings is 2. The Kier molecular flexibility index (Phi) is 3.43. The first-order chi connectivity index (χ1) is 12.5. The zero-order valence-electron chi connectivity index (χ0n) is 13.2. The monoisotopic (exact) mass is 352 g/mol. The number of phenolic OH excluding ortho intramolecular Hbond substituents is 3. The smallest absolute Gasteiger partial charge is 0.238 e. The van der Waals surface area contributed by atoms with E-state index in [2.05, 4.69) is 0 Å². The lowest BCUT2D eigenvalue weighted by molar-refractivity contribution is -0.130. The number of phenols is 3. The summed E-state index contributed by atoms with van der Waals surface area (Å²) in [6, 6.07) is 9.57. The number of hydrogen-bond donors (Lipinski definition) is 3. The maximum atomic E-state index is 12.7. The lowest BCUT2D eigenvalue weighted by Crippen LogP contribution is -2.24. The summed E-state index contributed by atoms with van der Waals surface area (Å²) in [6.45, 7) is -0.166. The summed E-state index contributed by atoms with van der Waals surface area (Å²) in [5.41, 5.74) is 0.641. The predicted molar refractivity (Wildman–Crippen MR) is 88.8 cm³/mol. The molecule has 0 spiro atoms. The van der Waals surface area contributed by atoms with E-state index in [-0.39, 0.29) is 46.5 Å². The van der Waals surface area contributed by atoms with Gasteiger partial charge in [-0.2, -0.15) is 0 Å². The Morgan fingerprint density at radius 1 is 0.692 bits per heavy atom. The molecule has 3 N–H and O–H groups in total. The van der Waals surface area contributed by atoms with Gasteiger partial charge < -0.3 is 24.8 Å². The van der Waals surface area contributed by atoms with Crippen LogP contribution in [0.5, 0.6) is 17.2 Å². The number of allylic oxidation sites excluding steroid dienone is 2. The van der Waals surface area contributed by atoms with E-state index in [4.69, 9.17) is 9.47 Å². The molecule has 26 heavy (non-hydrogen) atoms. The molecule has 130 valence electrons. The highest BCUT2D eigenvalue weighted by atomic mass is 16.7. The largest absolute Gasteiger partial charge is 0.508 e. The SMILES string of the molecule is O=C1C(=O)C(c2ccc(O)c(O)c2)=C2OCOC2=C1c1ccc(O)cc1. The highest BCUT2D eigenvalue weighted by molar-refractivity contribution is 6.66. The molecule has 0 saturated carbocycles. The van der Waals surface area contributed by atoms with Crippen molar-refractivity contribution in [1.82, 2.24) is 0 Å². The second-order valence-electron chi connectivity index (χ2n) is 5.72. The van der Waals surface area contributed by atoms with Crippen LogP contribution < -0.4 is 0 Å². The third kappa shape index (κ3) is 2.29.